The Balaban J connectivity index is 0.000000415. The number of pyridine rings is 1. The van der Waals surface area contributed by atoms with Gasteiger partial charge in [-0.3, -0.25) is 9.78 Å². The van der Waals surface area contributed by atoms with Crippen molar-refractivity contribution in [3.05, 3.63) is 48.9 Å². The van der Waals surface area contributed by atoms with Gasteiger partial charge in [-0.1, -0.05) is 6.07 Å². The Morgan fingerprint density at radius 3 is 2.64 bits per heavy atom. The fourth-order valence-corrected chi connectivity index (χ4v) is 2.06. The van der Waals surface area contributed by atoms with Gasteiger partial charge in [0.2, 0.25) is 5.95 Å². The second-order valence-electron chi connectivity index (χ2n) is 4.92. The molecule has 0 spiro atoms. The number of carboxylic acids is 1. The summed E-state index contributed by atoms with van der Waals surface area (Å²) in [6.45, 7) is 1.08. The Labute approximate surface area is 141 Å². The predicted octanol–water partition coefficient (Wildman–Crippen LogP) is 2.12. The minimum absolute atomic E-state index is 0.249. The minimum Gasteiger partial charge on any atom is -0.481 e. The molecule has 0 amide bonds. The number of carbonyl (C=O) groups is 1. The van der Waals surface area contributed by atoms with Crippen LogP contribution in [0.4, 0.5) is 5.95 Å². The van der Waals surface area contributed by atoms with Gasteiger partial charge < -0.3 is 15.3 Å². The highest BCUT2D eigenvalue weighted by Crippen LogP contribution is 2.22. The van der Waals surface area contributed by atoms with E-state index in [4.69, 9.17) is 20.1 Å². The highest BCUT2D eigenvalue weighted by atomic mass is 16.4. The van der Waals surface area contributed by atoms with Gasteiger partial charge >= 0.3 is 0 Å². The molecule has 0 atom stereocenters. The highest BCUT2D eigenvalue weighted by Gasteiger charge is 2.13. The number of nitrogens with zero attached hydrogens (tertiary/aromatic N) is 5. The number of carboxylic acid groups (broad SMARTS) is 1. The van der Waals surface area contributed by atoms with Crippen LogP contribution in [0.25, 0.3) is 28.6 Å². The Bertz CT molecular complexity index is 992. The summed E-state index contributed by atoms with van der Waals surface area (Å²) < 4.78 is 6.80. The molecule has 126 valence electrons. The van der Waals surface area contributed by atoms with Gasteiger partial charge in [-0.05, 0) is 24.3 Å². The van der Waals surface area contributed by atoms with Crippen molar-refractivity contribution in [2.45, 2.75) is 6.92 Å². The molecule has 3 N–H and O–H groups in total. The molecule has 0 saturated carbocycles. The number of furan rings is 1. The van der Waals surface area contributed by atoms with E-state index in [1.807, 2.05) is 24.3 Å². The van der Waals surface area contributed by atoms with Gasteiger partial charge in [0.1, 0.15) is 11.4 Å². The number of hydrogen-bond donors (Lipinski definition) is 2. The maximum Gasteiger partial charge on any atom is 0.300 e. The van der Waals surface area contributed by atoms with Crippen molar-refractivity contribution in [1.82, 2.24) is 24.6 Å². The third kappa shape index (κ3) is 3.61. The SMILES string of the molecule is CC(=O)O.Nc1nc(-c2ccccn2)nc2cc(-c3ccco3)nn12. The zero-order chi connectivity index (χ0) is 17.8. The van der Waals surface area contributed by atoms with Crippen LogP contribution in [0, 0.1) is 0 Å². The van der Waals surface area contributed by atoms with E-state index in [-0.39, 0.29) is 5.95 Å². The first-order valence-corrected chi connectivity index (χ1v) is 7.22. The van der Waals surface area contributed by atoms with Crippen molar-refractivity contribution in [1.29, 1.82) is 0 Å². The molecule has 4 aromatic heterocycles. The maximum atomic E-state index is 9.00. The van der Waals surface area contributed by atoms with Crippen LogP contribution < -0.4 is 5.73 Å². The quantitative estimate of drug-likeness (QED) is 0.568. The number of rotatable bonds is 2. The summed E-state index contributed by atoms with van der Waals surface area (Å²) in [5, 5.41) is 11.8. The van der Waals surface area contributed by atoms with E-state index < -0.39 is 5.97 Å². The first-order chi connectivity index (χ1) is 12.0. The molecule has 0 unspecified atom stereocenters. The molecule has 0 aromatic carbocycles. The van der Waals surface area contributed by atoms with Crippen molar-refractivity contribution in [2.24, 2.45) is 0 Å². The van der Waals surface area contributed by atoms with Gasteiger partial charge in [-0.2, -0.15) is 14.6 Å². The summed E-state index contributed by atoms with van der Waals surface area (Å²) >= 11 is 0. The third-order valence-corrected chi connectivity index (χ3v) is 3.02. The second kappa shape index (κ2) is 6.79. The number of hydrogen-bond acceptors (Lipinski definition) is 7. The molecule has 25 heavy (non-hydrogen) atoms. The van der Waals surface area contributed by atoms with E-state index in [0.717, 1.165) is 6.92 Å². The van der Waals surface area contributed by atoms with Crippen molar-refractivity contribution < 1.29 is 14.3 Å². The van der Waals surface area contributed by atoms with Crippen LogP contribution in [0.5, 0.6) is 0 Å². The van der Waals surface area contributed by atoms with Crippen molar-refractivity contribution in [3.8, 4) is 23.0 Å². The van der Waals surface area contributed by atoms with Gasteiger partial charge in [0, 0.05) is 19.2 Å². The number of nitrogens with two attached hydrogens (primary N) is 1. The molecular formula is C16H14N6O3. The largest absolute Gasteiger partial charge is 0.481 e. The zero-order valence-corrected chi connectivity index (χ0v) is 13.2. The third-order valence-electron chi connectivity index (χ3n) is 3.02. The van der Waals surface area contributed by atoms with Crippen molar-refractivity contribution >= 4 is 17.6 Å². The number of aromatic nitrogens is 5. The molecule has 9 nitrogen and oxygen atoms in total. The van der Waals surface area contributed by atoms with Crippen LogP contribution >= 0.6 is 0 Å². The Morgan fingerprint density at radius 2 is 2.00 bits per heavy atom. The molecule has 4 heterocycles. The molecule has 0 radical (unpaired) electrons. The average molecular weight is 338 g/mol. The van der Waals surface area contributed by atoms with E-state index in [9.17, 15) is 0 Å². The molecule has 0 fully saturated rings. The lowest BCUT2D eigenvalue weighted by Gasteiger charge is -2.01. The van der Waals surface area contributed by atoms with E-state index in [0.29, 0.717) is 28.6 Å². The van der Waals surface area contributed by atoms with Gasteiger partial charge in [-0.25, -0.2) is 4.98 Å². The summed E-state index contributed by atoms with van der Waals surface area (Å²) in [6, 6.07) is 11.0. The van der Waals surface area contributed by atoms with Crippen LogP contribution in [-0.4, -0.2) is 35.6 Å². The lowest BCUT2D eigenvalue weighted by molar-refractivity contribution is -0.134. The lowest BCUT2D eigenvalue weighted by Crippen LogP contribution is -2.05. The number of aliphatic carboxylic acids is 1. The molecular weight excluding hydrogens is 324 g/mol. The number of fused-ring (bicyclic) bond motifs is 1. The maximum absolute atomic E-state index is 9.00. The predicted molar refractivity (Wildman–Crippen MR) is 89.4 cm³/mol. The van der Waals surface area contributed by atoms with Crippen molar-refractivity contribution in [2.75, 3.05) is 5.73 Å². The van der Waals surface area contributed by atoms with Gasteiger partial charge in [0.15, 0.2) is 17.2 Å². The van der Waals surface area contributed by atoms with Gasteiger partial charge in [0.05, 0.1) is 6.26 Å². The van der Waals surface area contributed by atoms with Gasteiger partial charge in [0.25, 0.3) is 5.97 Å². The minimum atomic E-state index is -0.833. The van der Waals surface area contributed by atoms with E-state index in [1.54, 1.807) is 24.6 Å². The summed E-state index contributed by atoms with van der Waals surface area (Å²) in [4.78, 5) is 21.9. The van der Waals surface area contributed by atoms with E-state index in [2.05, 4.69) is 20.1 Å². The molecule has 4 rings (SSSR count). The summed E-state index contributed by atoms with van der Waals surface area (Å²) in [7, 11) is 0. The van der Waals surface area contributed by atoms with Crippen LogP contribution in [-0.2, 0) is 4.79 Å². The molecule has 4 aromatic rings. The lowest BCUT2D eigenvalue weighted by atomic mass is 10.3. The Kier molecular flexibility index (Phi) is 4.38. The first-order valence-electron chi connectivity index (χ1n) is 7.22. The molecule has 0 aliphatic heterocycles. The summed E-state index contributed by atoms with van der Waals surface area (Å²) in [5.74, 6) is 0.532. The van der Waals surface area contributed by atoms with Gasteiger partial charge in [-0.15, -0.1) is 0 Å². The normalized spacial score (nSPS) is 10.3. The van der Waals surface area contributed by atoms with E-state index in [1.165, 1.54) is 4.52 Å². The molecule has 0 aliphatic carbocycles. The topological polar surface area (TPSA) is 132 Å². The smallest absolute Gasteiger partial charge is 0.300 e. The van der Waals surface area contributed by atoms with E-state index >= 15 is 0 Å². The van der Waals surface area contributed by atoms with Crippen LogP contribution in [0.15, 0.2) is 53.3 Å². The van der Waals surface area contributed by atoms with Crippen LogP contribution in [0.2, 0.25) is 0 Å². The standard InChI is InChI=1S/C14H10N6O.C2H4O2/c15-14-18-13(9-4-1-2-6-16-9)17-12-8-10(19-20(12)14)11-5-3-7-21-11;1-2(3)4/h1-8H,(H2,15,17,18);1H3,(H,3,4). The zero-order valence-electron chi connectivity index (χ0n) is 13.2. The highest BCUT2D eigenvalue weighted by molar-refractivity contribution is 5.63. The molecule has 0 aliphatic rings. The molecule has 9 heteroatoms. The van der Waals surface area contributed by atoms with Crippen molar-refractivity contribution in [3.63, 3.8) is 0 Å². The number of nitrogen functional groups attached to an aromatic ring is 1. The fraction of sp³-hybridized carbons (Fsp3) is 0.0625. The number of anilines is 1. The first kappa shape index (κ1) is 16.1. The fourth-order valence-electron chi connectivity index (χ4n) is 2.06. The Morgan fingerprint density at radius 1 is 1.20 bits per heavy atom. The molecule has 0 bridgehead atoms. The second-order valence-corrected chi connectivity index (χ2v) is 4.92. The Hall–Kier alpha value is -3.75. The summed E-state index contributed by atoms with van der Waals surface area (Å²) in [5.41, 5.74) is 7.86. The monoisotopic (exact) mass is 338 g/mol. The van der Waals surface area contributed by atoms with Crippen LogP contribution in [0.1, 0.15) is 6.92 Å². The molecule has 0 saturated heterocycles. The average Bonchev–Trinajstić information content (AvgIpc) is 3.24. The summed E-state index contributed by atoms with van der Waals surface area (Å²) in [6.07, 6.45) is 3.28. The van der Waals surface area contributed by atoms with Crippen LogP contribution in [0.3, 0.4) is 0 Å².